The van der Waals surface area contributed by atoms with Crippen LogP contribution in [0, 0.1) is 0 Å². The van der Waals surface area contributed by atoms with E-state index < -0.39 is 10.0 Å². The molecule has 2 aliphatic heterocycles. The highest BCUT2D eigenvalue weighted by atomic mass is 32.2. The van der Waals surface area contributed by atoms with Gasteiger partial charge in [-0.3, -0.25) is 0 Å². The Bertz CT molecular complexity index is 547. The first kappa shape index (κ1) is 13.5. The summed E-state index contributed by atoms with van der Waals surface area (Å²) in [6, 6.07) is 2.06. The zero-order valence-corrected chi connectivity index (χ0v) is 12.8. The summed E-state index contributed by atoms with van der Waals surface area (Å²) >= 11 is 1.74. The molecule has 2 aliphatic rings. The topological polar surface area (TPSA) is 49.4 Å². The highest BCUT2D eigenvalue weighted by molar-refractivity contribution is 7.89. The second-order valence-electron chi connectivity index (χ2n) is 5.35. The lowest BCUT2D eigenvalue weighted by molar-refractivity contribution is 0.319. The fraction of sp³-hybridized carbons (Fsp3) is 0.692. The number of piperidine rings is 1. The molecule has 1 aromatic rings. The van der Waals surface area contributed by atoms with Crippen LogP contribution in [0.1, 0.15) is 36.2 Å². The van der Waals surface area contributed by atoms with E-state index in [1.807, 2.05) is 6.92 Å². The minimum absolute atomic E-state index is 0.0121. The molecule has 106 valence electrons. The van der Waals surface area contributed by atoms with Crippen LogP contribution in [-0.2, 0) is 16.4 Å². The first-order valence-electron chi connectivity index (χ1n) is 6.88. The van der Waals surface area contributed by atoms with Crippen LogP contribution in [-0.4, -0.2) is 37.6 Å². The Kier molecular flexibility index (Phi) is 3.68. The van der Waals surface area contributed by atoms with E-state index >= 15 is 0 Å². The fourth-order valence-corrected chi connectivity index (χ4v) is 6.14. The molecule has 4 nitrogen and oxygen atoms in total. The van der Waals surface area contributed by atoms with Crippen LogP contribution in [0.25, 0.3) is 0 Å². The standard InChI is InChI=1S/C13H20N2O2S2/c1-10-12-5-8-18-13(12)4-7-15(10)19(16,17)11-3-2-6-14-9-11/h5,8,10-11,14H,2-4,6-7,9H2,1H3. The molecule has 0 bridgehead atoms. The summed E-state index contributed by atoms with van der Waals surface area (Å²) < 4.78 is 27.3. The van der Waals surface area contributed by atoms with Crippen LogP contribution in [0.5, 0.6) is 0 Å². The van der Waals surface area contributed by atoms with Gasteiger partial charge in [0.05, 0.1) is 5.25 Å². The zero-order valence-electron chi connectivity index (χ0n) is 11.1. The largest absolute Gasteiger partial charge is 0.315 e. The Balaban J connectivity index is 1.86. The van der Waals surface area contributed by atoms with Gasteiger partial charge in [-0.1, -0.05) is 0 Å². The summed E-state index contributed by atoms with van der Waals surface area (Å²) in [6.07, 6.45) is 2.60. The molecule has 0 aromatic carbocycles. The molecule has 0 radical (unpaired) electrons. The molecule has 3 heterocycles. The van der Waals surface area contributed by atoms with Gasteiger partial charge in [0, 0.05) is 24.0 Å². The van der Waals surface area contributed by atoms with Crippen molar-refractivity contribution in [1.29, 1.82) is 0 Å². The molecule has 3 rings (SSSR count). The van der Waals surface area contributed by atoms with Gasteiger partial charge in [-0.15, -0.1) is 11.3 Å². The van der Waals surface area contributed by atoms with Gasteiger partial charge in [-0.05, 0) is 49.7 Å². The van der Waals surface area contributed by atoms with E-state index in [2.05, 4.69) is 16.8 Å². The lowest BCUT2D eigenvalue weighted by atomic mass is 10.0. The molecule has 0 saturated carbocycles. The molecule has 1 saturated heterocycles. The highest BCUT2D eigenvalue weighted by Crippen LogP contribution is 2.36. The maximum atomic E-state index is 12.8. The van der Waals surface area contributed by atoms with E-state index in [-0.39, 0.29) is 11.3 Å². The van der Waals surface area contributed by atoms with Gasteiger partial charge in [0.2, 0.25) is 10.0 Å². The van der Waals surface area contributed by atoms with Crippen molar-refractivity contribution >= 4 is 21.4 Å². The predicted octanol–water partition coefficient (Wildman–Crippen LogP) is 1.75. The van der Waals surface area contributed by atoms with Crippen molar-refractivity contribution in [2.24, 2.45) is 0 Å². The molecule has 1 fully saturated rings. The highest BCUT2D eigenvalue weighted by Gasteiger charge is 2.38. The van der Waals surface area contributed by atoms with E-state index in [0.29, 0.717) is 13.1 Å². The smallest absolute Gasteiger partial charge is 0.218 e. The van der Waals surface area contributed by atoms with Gasteiger partial charge in [0.15, 0.2) is 0 Å². The number of nitrogens with zero attached hydrogens (tertiary/aromatic N) is 1. The second kappa shape index (κ2) is 5.16. The third kappa shape index (κ3) is 2.35. The second-order valence-corrected chi connectivity index (χ2v) is 8.52. The Morgan fingerprint density at radius 1 is 1.47 bits per heavy atom. The monoisotopic (exact) mass is 300 g/mol. The summed E-state index contributed by atoms with van der Waals surface area (Å²) in [4.78, 5) is 1.35. The summed E-state index contributed by atoms with van der Waals surface area (Å²) in [7, 11) is -3.18. The van der Waals surface area contributed by atoms with Crippen molar-refractivity contribution in [2.45, 2.75) is 37.5 Å². The van der Waals surface area contributed by atoms with E-state index in [1.54, 1.807) is 15.6 Å². The molecule has 0 amide bonds. The number of hydrogen-bond acceptors (Lipinski definition) is 4. The molecular weight excluding hydrogens is 280 g/mol. The van der Waals surface area contributed by atoms with Crippen LogP contribution in [0.15, 0.2) is 11.4 Å². The number of sulfonamides is 1. The fourth-order valence-electron chi connectivity index (χ4n) is 3.10. The van der Waals surface area contributed by atoms with Gasteiger partial charge in [0.25, 0.3) is 0 Å². The van der Waals surface area contributed by atoms with Crippen LogP contribution in [0.3, 0.4) is 0 Å². The van der Waals surface area contributed by atoms with Crippen LogP contribution in [0.4, 0.5) is 0 Å². The number of thiophene rings is 1. The van der Waals surface area contributed by atoms with Crippen LogP contribution in [0.2, 0.25) is 0 Å². The van der Waals surface area contributed by atoms with Gasteiger partial charge in [0.1, 0.15) is 0 Å². The minimum atomic E-state index is -3.18. The molecule has 6 heteroatoms. The number of nitrogens with one attached hydrogen (secondary N) is 1. The third-order valence-electron chi connectivity index (χ3n) is 4.22. The van der Waals surface area contributed by atoms with E-state index in [1.165, 1.54) is 10.4 Å². The summed E-state index contributed by atoms with van der Waals surface area (Å²) in [5, 5.41) is 5.03. The lowest BCUT2D eigenvalue weighted by Gasteiger charge is -2.36. The SMILES string of the molecule is CC1c2ccsc2CCN1S(=O)(=O)C1CCCNC1. The van der Waals surface area contributed by atoms with Gasteiger partial charge < -0.3 is 5.32 Å². The molecule has 1 aromatic heterocycles. The number of fused-ring (bicyclic) bond motifs is 1. The average molecular weight is 300 g/mol. The summed E-state index contributed by atoms with van der Waals surface area (Å²) in [5.74, 6) is 0. The summed E-state index contributed by atoms with van der Waals surface area (Å²) in [6.45, 7) is 4.18. The lowest BCUT2D eigenvalue weighted by Crippen LogP contribution is -2.48. The maximum Gasteiger partial charge on any atom is 0.218 e. The van der Waals surface area contributed by atoms with Crippen molar-refractivity contribution in [2.75, 3.05) is 19.6 Å². The van der Waals surface area contributed by atoms with Gasteiger partial charge >= 0.3 is 0 Å². The van der Waals surface area contributed by atoms with Gasteiger partial charge in [-0.25, -0.2) is 8.42 Å². The van der Waals surface area contributed by atoms with Crippen molar-refractivity contribution in [3.63, 3.8) is 0 Å². The maximum absolute atomic E-state index is 12.8. The van der Waals surface area contributed by atoms with E-state index in [9.17, 15) is 8.42 Å². The Morgan fingerprint density at radius 3 is 3.05 bits per heavy atom. The molecule has 0 aliphatic carbocycles. The number of rotatable bonds is 2. The molecular formula is C13H20N2O2S2. The Morgan fingerprint density at radius 2 is 2.32 bits per heavy atom. The Hall–Kier alpha value is -0.430. The first-order chi connectivity index (χ1) is 9.10. The molecule has 19 heavy (non-hydrogen) atoms. The zero-order chi connectivity index (χ0) is 13.5. The normalized spacial score (nSPS) is 29.1. The molecule has 1 N–H and O–H groups in total. The predicted molar refractivity (Wildman–Crippen MR) is 78.0 cm³/mol. The average Bonchev–Trinajstić information content (AvgIpc) is 2.89. The van der Waals surface area contributed by atoms with E-state index in [0.717, 1.165) is 25.8 Å². The van der Waals surface area contributed by atoms with Crippen molar-refractivity contribution in [3.05, 3.63) is 21.9 Å². The van der Waals surface area contributed by atoms with Crippen molar-refractivity contribution < 1.29 is 8.42 Å². The van der Waals surface area contributed by atoms with E-state index in [4.69, 9.17) is 0 Å². The summed E-state index contributed by atoms with van der Waals surface area (Å²) in [5.41, 5.74) is 1.20. The van der Waals surface area contributed by atoms with Crippen molar-refractivity contribution in [1.82, 2.24) is 9.62 Å². The third-order valence-corrected chi connectivity index (χ3v) is 7.61. The number of hydrogen-bond donors (Lipinski definition) is 1. The van der Waals surface area contributed by atoms with Gasteiger partial charge in [-0.2, -0.15) is 4.31 Å². The molecule has 2 unspecified atom stereocenters. The molecule has 0 spiro atoms. The quantitative estimate of drug-likeness (QED) is 0.905. The van der Waals surface area contributed by atoms with Crippen LogP contribution < -0.4 is 5.32 Å². The van der Waals surface area contributed by atoms with Crippen LogP contribution >= 0.6 is 11.3 Å². The Labute approximate surface area is 118 Å². The van der Waals surface area contributed by atoms with Crippen molar-refractivity contribution in [3.8, 4) is 0 Å². The first-order valence-corrected chi connectivity index (χ1v) is 9.26. The minimum Gasteiger partial charge on any atom is -0.315 e. The molecule has 2 atom stereocenters.